The predicted molar refractivity (Wildman–Crippen MR) is 102 cm³/mol. The van der Waals surface area contributed by atoms with Gasteiger partial charge < -0.3 is 16.0 Å². The SMILES string of the molecule is CC1(c2cccc(NC(=O)c3ccn(C4CCCNC4)n3)c2)NC(=O)NC1=O. The van der Waals surface area contributed by atoms with Crippen molar-refractivity contribution in [2.45, 2.75) is 31.3 Å². The molecule has 0 aliphatic carbocycles. The minimum absolute atomic E-state index is 0.253. The van der Waals surface area contributed by atoms with Crippen molar-refractivity contribution in [3.8, 4) is 0 Å². The summed E-state index contributed by atoms with van der Waals surface area (Å²) in [6.07, 6.45) is 3.94. The number of carbonyl (C=O) groups excluding carboxylic acids is 3. The van der Waals surface area contributed by atoms with Gasteiger partial charge in [-0.15, -0.1) is 0 Å². The van der Waals surface area contributed by atoms with E-state index >= 15 is 0 Å². The quantitative estimate of drug-likeness (QED) is 0.591. The molecule has 4 N–H and O–H groups in total. The fourth-order valence-corrected chi connectivity index (χ4v) is 3.57. The molecule has 146 valence electrons. The first-order valence-electron chi connectivity index (χ1n) is 9.27. The first kappa shape index (κ1) is 18.2. The van der Waals surface area contributed by atoms with E-state index in [4.69, 9.17) is 0 Å². The molecule has 1 aromatic heterocycles. The summed E-state index contributed by atoms with van der Waals surface area (Å²) in [7, 11) is 0. The molecule has 4 amide bonds. The number of nitrogens with zero attached hydrogens (tertiary/aromatic N) is 2. The molecule has 2 aliphatic heterocycles. The van der Waals surface area contributed by atoms with Gasteiger partial charge in [0.25, 0.3) is 11.8 Å². The topological polar surface area (TPSA) is 117 Å². The van der Waals surface area contributed by atoms with Crippen molar-refractivity contribution < 1.29 is 14.4 Å². The average Bonchev–Trinajstić information content (AvgIpc) is 3.28. The maximum absolute atomic E-state index is 12.6. The van der Waals surface area contributed by atoms with Gasteiger partial charge in [-0.25, -0.2) is 4.79 Å². The van der Waals surface area contributed by atoms with E-state index in [1.54, 1.807) is 37.3 Å². The Morgan fingerprint density at radius 3 is 2.89 bits per heavy atom. The molecule has 2 fully saturated rings. The summed E-state index contributed by atoms with van der Waals surface area (Å²) in [5.41, 5.74) is 0.251. The van der Waals surface area contributed by atoms with Gasteiger partial charge in [0.2, 0.25) is 0 Å². The summed E-state index contributed by atoms with van der Waals surface area (Å²) in [5, 5.41) is 15.4. The molecule has 1 aromatic carbocycles. The predicted octanol–water partition coefficient (Wildman–Crippen LogP) is 1.11. The molecule has 2 aromatic rings. The van der Waals surface area contributed by atoms with Crippen molar-refractivity contribution in [1.29, 1.82) is 0 Å². The van der Waals surface area contributed by atoms with Crippen LogP contribution in [-0.2, 0) is 10.3 Å². The van der Waals surface area contributed by atoms with Crippen LogP contribution in [0.3, 0.4) is 0 Å². The highest BCUT2D eigenvalue weighted by Gasteiger charge is 2.43. The zero-order valence-electron chi connectivity index (χ0n) is 15.5. The van der Waals surface area contributed by atoms with Crippen LogP contribution in [0.4, 0.5) is 10.5 Å². The molecule has 2 unspecified atom stereocenters. The van der Waals surface area contributed by atoms with Crippen molar-refractivity contribution in [1.82, 2.24) is 25.7 Å². The van der Waals surface area contributed by atoms with Crippen LogP contribution in [0.2, 0.25) is 0 Å². The Morgan fingerprint density at radius 2 is 2.18 bits per heavy atom. The molecule has 9 nitrogen and oxygen atoms in total. The maximum atomic E-state index is 12.6. The zero-order valence-corrected chi connectivity index (χ0v) is 15.5. The van der Waals surface area contributed by atoms with Gasteiger partial charge in [-0.1, -0.05) is 12.1 Å². The van der Waals surface area contributed by atoms with Crippen LogP contribution in [0.25, 0.3) is 0 Å². The summed E-state index contributed by atoms with van der Waals surface area (Å²) in [4.78, 5) is 36.2. The van der Waals surface area contributed by atoms with Gasteiger partial charge in [-0.2, -0.15) is 5.10 Å². The van der Waals surface area contributed by atoms with Gasteiger partial charge in [-0.05, 0) is 50.1 Å². The molecule has 4 rings (SSSR count). The van der Waals surface area contributed by atoms with Gasteiger partial charge in [-0.3, -0.25) is 19.6 Å². The number of piperidine rings is 1. The van der Waals surface area contributed by atoms with E-state index < -0.39 is 17.5 Å². The minimum atomic E-state index is -1.17. The van der Waals surface area contributed by atoms with Crippen molar-refractivity contribution in [3.63, 3.8) is 0 Å². The molecule has 9 heteroatoms. The molecule has 2 atom stereocenters. The summed E-state index contributed by atoms with van der Waals surface area (Å²) in [6.45, 7) is 3.48. The number of imide groups is 1. The molecule has 0 bridgehead atoms. The van der Waals surface area contributed by atoms with Crippen LogP contribution in [0.15, 0.2) is 36.5 Å². The van der Waals surface area contributed by atoms with Gasteiger partial charge in [0.15, 0.2) is 5.69 Å². The van der Waals surface area contributed by atoms with Crippen molar-refractivity contribution >= 4 is 23.5 Å². The second-order valence-corrected chi connectivity index (χ2v) is 7.25. The van der Waals surface area contributed by atoms with Gasteiger partial charge >= 0.3 is 6.03 Å². The molecule has 2 saturated heterocycles. The minimum Gasteiger partial charge on any atom is -0.321 e. The Labute approximate surface area is 161 Å². The largest absolute Gasteiger partial charge is 0.322 e. The van der Waals surface area contributed by atoms with Crippen LogP contribution < -0.4 is 21.3 Å². The van der Waals surface area contributed by atoms with Crippen LogP contribution in [0.1, 0.15) is 41.9 Å². The standard InChI is InChI=1S/C19H22N6O3/c1-19(17(27)22-18(28)23-19)12-4-2-5-13(10-12)21-16(26)15-7-9-25(24-15)14-6-3-8-20-11-14/h2,4-5,7,9-10,14,20H,3,6,8,11H2,1H3,(H,21,26)(H2,22,23,27,28). The van der Waals surface area contributed by atoms with E-state index in [0.717, 1.165) is 25.9 Å². The number of rotatable bonds is 4. The number of nitrogens with one attached hydrogen (secondary N) is 4. The summed E-state index contributed by atoms with van der Waals surface area (Å²) in [6, 6.07) is 8.26. The highest BCUT2D eigenvalue weighted by atomic mass is 16.2. The van der Waals surface area contributed by atoms with Crippen LogP contribution in [0.5, 0.6) is 0 Å². The molecule has 0 radical (unpaired) electrons. The highest BCUT2D eigenvalue weighted by Crippen LogP contribution is 2.26. The third kappa shape index (κ3) is 3.36. The Balaban J connectivity index is 1.49. The van der Waals surface area contributed by atoms with E-state index in [1.165, 1.54) is 0 Å². The van der Waals surface area contributed by atoms with Gasteiger partial charge in [0, 0.05) is 18.4 Å². The summed E-state index contributed by atoms with van der Waals surface area (Å²) in [5.74, 6) is -0.759. The number of amides is 4. The normalized spacial score (nSPS) is 24.5. The van der Waals surface area contributed by atoms with Crippen molar-refractivity contribution in [3.05, 3.63) is 47.8 Å². The van der Waals surface area contributed by atoms with Crippen molar-refractivity contribution in [2.24, 2.45) is 0 Å². The van der Waals surface area contributed by atoms with E-state index in [0.29, 0.717) is 16.9 Å². The van der Waals surface area contributed by atoms with E-state index in [1.807, 2.05) is 10.9 Å². The van der Waals surface area contributed by atoms with Gasteiger partial charge in [0.1, 0.15) is 5.54 Å². The number of hydrogen-bond donors (Lipinski definition) is 4. The first-order chi connectivity index (χ1) is 13.5. The first-order valence-corrected chi connectivity index (χ1v) is 9.27. The number of anilines is 1. The lowest BCUT2D eigenvalue weighted by molar-refractivity contribution is -0.123. The summed E-state index contributed by atoms with van der Waals surface area (Å²) >= 11 is 0. The molecule has 0 saturated carbocycles. The molecule has 0 spiro atoms. The lowest BCUT2D eigenvalue weighted by atomic mass is 9.92. The maximum Gasteiger partial charge on any atom is 0.322 e. The van der Waals surface area contributed by atoms with Gasteiger partial charge in [0.05, 0.1) is 6.04 Å². The lowest BCUT2D eigenvalue weighted by Gasteiger charge is -2.23. The Bertz CT molecular complexity index is 933. The number of aromatic nitrogens is 2. The zero-order chi connectivity index (χ0) is 19.7. The van der Waals surface area contributed by atoms with Crippen molar-refractivity contribution in [2.75, 3.05) is 18.4 Å². The number of carbonyl (C=O) groups is 3. The Kier molecular flexibility index (Phi) is 4.60. The van der Waals surface area contributed by atoms with E-state index in [2.05, 4.69) is 26.4 Å². The van der Waals surface area contributed by atoms with E-state index in [9.17, 15) is 14.4 Å². The number of urea groups is 1. The Morgan fingerprint density at radius 1 is 1.32 bits per heavy atom. The van der Waals surface area contributed by atoms with Crippen LogP contribution in [0, 0.1) is 0 Å². The van der Waals surface area contributed by atoms with E-state index in [-0.39, 0.29) is 11.9 Å². The highest BCUT2D eigenvalue weighted by molar-refractivity contribution is 6.07. The third-order valence-corrected chi connectivity index (χ3v) is 5.23. The smallest absolute Gasteiger partial charge is 0.321 e. The van der Waals surface area contributed by atoms with Crippen LogP contribution >= 0.6 is 0 Å². The lowest BCUT2D eigenvalue weighted by Crippen LogP contribution is -2.40. The average molecular weight is 382 g/mol. The fraction of sp³-hybridized carbons (Fsp3) is 0.368. The monoisotopic (exact) mass is 382 g/mol. The molecule has 2 aliphatic rings. The fourth-order valence-electron chi connectivity index (χ4n) is 3.57. The third-order valence-electron chi connectivity index (χ3n) is 5.23. The molecule has 28 heavy (non-hydrogen) atoms. The molecular formula is C19H22N6O3. The number of hydrogen-bond acceptors (Lipinski definition) is 5. The second-order valence-electron chi connectivity index (χ2n) is 7.25. The number of benzene rings is 1. The summed E-state index contributed by atoms with van der Waals surface area (Å²) < 4.78 is 1.83. The van der Waals surface area contributed by atoms with Crippen LogP contribution in [-0.4, -0.2) is 40.7 Å². The Hall–Kier alpha value is -3.20. The molecule has 3 heterocycles. The second kappa shape index (κ2) is 7.08. The molecular weight excluding hydrogens is 360 g/mol.